The Bertz CT molecular complexity index is 769. The van der Waals surface area contributed by atoms with Crippen LogP contribution in [0.2, 0.25) is 0 Å². The topological polar surface area (TPSA) is 80.9 Å². The molecule has 120 valence electrons. The number of hydrogen-bond acceptors (Lipinski definition) is 8. The predicted molar refractivity (Wildman–Crippen MR) is 94.3 cm³/mol. The zero-order chi connectivity index (χ0) is 16.1. The highest BCUT2D eigenvalue weighted by molar-refractivity contribution is 8.01. The summed E-state index contributed by atoms with van der Waals surface area (Å²) in [6.45, 7) is 2.05. The molecule has 0 aliphatic carbocycles. The van der Waals surface area contributed by atoms with Crippen molar-refractivity contribution in [3.8, 4) is 0 Å². The van der Waals surface area contributed by atoms with Gasteiger partial charge < -0.3 is 9.73 Å². The first-order chi connectivity index (χ1) is 11.2. The Morgan fingerprint density at radius 1 is 1.30 bits per heavy atom. The van der Waals surface area contributed by atoms with Gasteiger partial charge in [-0.1, -0.05) is 53.9 Å². The van der Waals surface area contributed by atoms with E-state index in [1.807, 2.05) is 31.2 Å². The lowest BCUT2D eigenvalue weighted by Gasteiger charge is -1.99. The maximum absolute atomic E-state index is 11.9. The largest absolute Gasteiger partial charge is 0.431 e. The van der Waals surface area contributed by atoms with Gasteiger partial charge in [-0.05, 0) is 17.9 Å². The lowest BCUT2D eigenvalue weighted by Crippen LogP contribution is -2.11. The average molecular weight is 366 g/mol. The molecule has 0 bridgehead atoms. The Morgan fingerprint density at radius 2 is 2.17 bits per heavy atom. The molecule has 0 unspecified atom stereocenters. The van der Waals surface area contributed by atoms with Gasteiger partial charge in [0.05, 0.1) is 0 Å². The Hall–Kier alpha value is -1.58. The second-order valence-corrected chi connectivity index (χ2v) is 7.94. The van der Waals surface area contributed by atoms with Gasteiger partial charge in [0.25, 0.3) is 5.22 Å². The standard InChI is InChI=1S/C14H14N4O2S3/c1-2-21-14-18-17-12(23-14)16-11(19)7-8-22-13-15-9-5-3-4-6-10(9)20-13/h3-6H,2,7-8H2,1H3,(H,16,17,19). The van der Waals surface area contributed by atoms with Gasteiger partial charge in [0, 0.05) is 12.2 Å². The van der Waals surface area contributed by atoms with Crippen molar-refractivity contribution in [1.29, 1.82) is 0 Å². The number of fused-ring (bicyclic) bond motifs is 1. The number of aromatic nitrogens is 3. The number of rotatable bonds is 7. The second-order valence-electron chi connectivity index (χ2n) is 4.40. The Balaban J connectivity index is 1.46. The van der Waals surface area contributed by atoms with Crippen LogP contribution >= 0.6 is 34.9 Å². The molecule has 1 N–H and O–H groups in total. The summed E-state index contributed by atoms with van der Waals surface area (Å²) in [5, 5.41) is 11.8. The van der Waals surface area contributed by atoms with Crippen molar-refractivity contribution >= 4 is 57.0 Å². The number of nitrogens with zero attached hydrogens (tertiary/aromatic N) is 3. The van der Waals surface area contributed by atoms with E-state index < -0.39 is 0 Å². The van der Waals surface area contributed by atoms with Crippen LogP contribution in [0.4, 0.5) is 5.13 Å². The second kappa shape index (κ2) is 7.80. The molecule has 0 atom stereocenters. The van der Waals surface area contributed by atoms with Crippen LogP contribution in [0.3, 0.4) is 0 Å². The smallest absolute Gasteiger partial charge is 0.256 e. The van der Waals surface area contributed by atoms with E-state index in [0.717, 1.165) is 21.2 Å². The molecule has 2 aromatic heterocycles. The molecule has 6 nitrogen and oxygen atoms in total. The normalized spacial score (nSPS) is 11.0. The highest BCUT2D eigenvalue weighted by Crippen LogP contribution is 2.26. The first-order valence-corrected chi connectivity index (χ1v) is 9.78. The molecule has 23 heavy (non-hydrogen) atoms. The van der Waals surface area contributed by atoms with Gasteiger partial charge in [0.2, 0.25) is 11.0 Å². The zero-order valence-electron chi connectivity index (χ0n) is 12.3. The maximum atomic E-state index is 11.9. The minimum atomic E-state index is -0.0854. The van der Waals surface area contributed by atoms with Gasteiger partial charge in [-0.2, -0.15) is 0 Å². The van der Waals surface area contributed by atoms with E-state index >= 15 is 0 Å². The van der Waals surface area contributed by atoms with Crippen LogP contribution in [-0.2, 0) is 4.79 Å². The summed E-state index contributed by atoms with van der Waals surface area (Å²) in [4.78, 5) is 16.3. The molecule has 0 aliphatic heterocycles. The summed E-state index contributed by atoms with van der Waals surface area (Å²) in [6, 6.07) is 7.60. The van der Waals surface area contributed by atoms with Crippen molar-refractivity contribution in [3.63, 3.8) is 0 Å². The molecule has 0 fully saturated rings. The third kappa shape index (κ3) is 4.46. The molecule has 0 spiro atoms. The summed E-state index contributed by atoms with van der Waals surface area (Å²) in [5.74, 6) is 1.44. The predicted octanol–water partition coefficient (Wildman–Crippen LogP) is 3.91. The summed E-state index contributed by atoms with van der Waals surface area (Å²) >= 11 is 4.42. The van der Waals surface area contributed by atoms with Crippen molar-refractivity contribution < 1.29 is 9.21 Å². The molecule has 0 radical (unpaired) electrons. The number of para-hydroxylation sites is 2. The van der Waals surface area contributed by atoms with E-state index in [1.54, 1.807) is 11.8 Å². The van der Waals surface area contributed by atoms with Crippen LogP contribution in [-0.4, -0.2) is 32.6 Å². The van der Waals surface area contributed by atoms with Crippen LogP contribution in [0, 0.1) is 0 Å². The van der Waals surface area contributed by atoms with E-state index in [0.29, 0.717) is 22.5 Å². The summed E-state index contributed by atoms with van der Waals surface area (Å²) in [6.07, 6.45) is 0.360. The first-order valence-electron chi connectivity index (χ1n) is 6.99. The molecule has 1 aromatic carbocycles. The van der Waals surface area contributed by atoms with E-state index in [1.165, 1.54) is 23.1 Å². The number of anilines is 1. The van der Waals surface area contributed by atoms with E-state index in [-0.39, 0.29) is 5.91 Å². The lowest BCUT2D eigenvalue weighted by molar-refractivity contribution is -0.115. The van der Waals surface area contributed by atoms with E-state index in [2.05, 4.69) is 20.5 Å². The quantitative estimate of drug-likeness (QED) is 0.501. The third-order valence-electron chi connectivity index (χ3n) is 2.75. The van der Waals surface area contributed by atoms with Gasteiger partial charge in [-0.25, -0.2) is 4.98 Å². The minimum Gasteiger partial charge on any atom is -0.431 e. The van der Waals surface area contributed by atoms with Crippen LogP contribution < -0.4 is 5.32 Å². The fourth-order valence-electron chi connectivity index (χ4n) is 1.77. The van der Waals surface area contributed by atoms with Crippen LogP contribution in [0.25, 0.3) is 11.1 Å². The SMILES string of the molecule is CCSc1nnc(NC(=O)CCSc2nc3ccccc3o2)s1. The lowest BCUT2D eigenvalue weighted by atomic mass is 10.3. The monoisotopic (exact) mass is 366 g/mol. The van der Waals surface area contributed by atoms with Crippen molar-refractivity contribution in [2.75, 3.05) is 16.8 Å². The maximum Gasteiger partial charge on any atom is 0.256 e. The fourth-order valence-corrected chi connectivity index (χ4v) is 4.21. The van der Waals surface area contributed by atoms with Gasteiger partial charge in [-0.15, -0.1) is 10.2 Å². The molecular formula is C14H14N4O2S3. The van der Waals surface area contributed by atoms with Crippen LogP contribution in [0.1, 0.15) is 13.3 Å². The van der Waals surface area contributed by atoms with Gasteiger partial charge in [0.1, 0.15) is 5.52 Å². The number of oxazole rings is 1. The number of thioether (sulfide) groups is 2. The Kier molecular flexibility index (Phi) is 5.52. The number of carbonyl (C=O) groups excluding carboxylic acids is 1. The third-order valence-corrected chi connectivity index (χ3v) is 5.43. The Labute approximate surface area is 145 Å². The molecule has 9 heteroatoms. The van der Waals surface area contributed by atoms with Crippen molar-refractivity contribution in [2.45, 2.75) is 22.9 Å². The highest BCUT2D eigenvalue weighted by atomic mass is 32.2. The number of carbonyl (C=O) groups is 1. The average Bonchev–Trinajstić information content (AvgIpc) is 3.14. The van der Waals surface area contributed by atoms with E-state index in [4.69, 9.17) is 4.42 Å². The highest BCUT2D eigenvalue weighted by Gasteiger charge is 2.10. The van der Waals surface area contributed by atoms with Gasteiger partial charge in [0.15, 0.2) is 9.92 Å². The molecule has 1 amide bonds. The molecule has 0 aliphatic rings. The summed E-state index contributed by atoms with van der Waals surface area (Å²) in [7, 11) is 0. The Morgan fingerprint density at radius 3 is 3.00 bits per heavy atom. The number of hydrogen-bond donors (Lipinski definition) is 1. The number of nitrogens with one attached hydrogen (secondary N) is 1. The van der Waals surface area contributed by atoms with E-state index in [9.17, 15) is 4.79 Å². The zero-order valence-corrected chi connectivity index (χ0v) is 14.8. The van der Waals surface area contributed by atoms with Crippen molar-refractivity contribution in [2.24, 2.45) is 0 Å². The van der Waals surface area contributed by atoms with Gasteiger partial charge in [-0.3, -0.25) is 4.79 Å². The van der Waals surface area contributed by atoms with Crippen LogP contribution in [0.5, 0.6) is 0 Å². The molecule has 0 saturated heterocycles. The molecule has 3 aromatic rings. The first kappa shape index (κ1) is 16.3. The van der Waals surface area contributed by atoms with Crippen LogP contribution in [0.15, 0.2) is 38.2 Å². The molecule has 3 rings (SSSR count). The summed E-state index contributed by atoms with van der Waals surface area (Å²) < 4.78 is 6.46. The number of benzene rings is 1. The summed E-state index contributed by atoms with van der Waals surface area (Å²) in [5.41, 5.74) is 1.59. The molecule has 0 saturated carbocycles. The van der Waals surface area contributed by atoms with Crippen molar-refractivity contribution in [1.82, 2.24) is 15.2 Å². The fraction of sp³-hybridized carbons (Fsp3) is 0.286. The minimum absolute atomic E-state index is 0.0854. The van der Waals surface area contributed by atoms with Gasteiger partial charge >= 0.3 is 0 Å². The van der Waals surface area contributed by atoms with Crippen molar-refractivity contribution in [3.05, 3.63) is 24.3 Å². The molecular weight excluding hydrogens is 352 g/mol. The molecule has 2 heterocycles. The number of amides is 1.